The van der Waals surface area contributed by atoms with Crippen molar-refractivity contribution in [3.63, 3.8) is 0 Å². The molecule has 0 saturated heterocycles. The quantitative estimate of drug-likeness (QED) is 0.189. The Morgan fingerprint density at radius 3 is 1.62 bits per heavy atom. The number of fused-ring (bicyclic) bond motifs is 13. The zero-order valence-electron chi connectivity index (χ0n) is 25.3. The molecule has 45 heavy (non-hydrogen) atoms. The lowest BCUT2D eigenvalue weighted by molar-refractivity contribution is 0.436. The number of benzene rings is 7. The van der Waals surface area contributed by atoms with Crippen LogP contribution in [0.3, 0.4) is 0 Å². The van der Waals surface area contributed by atoms with Crippen LogP contribution in [0.2, 0.25) is 0 Å². The molecule has 3 aliphatic rings. The van der Waals surface area contributed by atoms with Gasteiger partial charge in [0, 0.05) is 16.5 Å². The summed E-state index contributed by atoms with van der Waals surface area (Å²) in [6, 6.07) is 53.8. The van der Waals surface area contributed by atoms with Gasteiger partial charge in [0.2, 0.25) is 0 Å². The van der Waals surface area contributed by atoms with E-state index in [2.05, 4.69) is 159 Å². The molecule has 0 atom stereocenters. The molecule has 0 saturated carbocycles. The van der Waals surface area contributed by atoms with Gasteiger partial charge in [0.15, 0.2) is 0 Å². The second-order valence-electron chi connectivity index (χ2n) is 13.3. The van der Waals surface area contributed by atoms with Crippen molar-refractivity contribution in [1.82, 2.24) is 0 Å². The maximum Gasteiger partial charge on any atom is 0.132 e. The molecule has 0 aromatic heterocycles. The average molecular weight is 575 g/mol. The summed E-state index contributed by atoms with van der Waals surface area (Å²) in [6.45, 7) is 4.74. The normalized spacial score (nSPS) is 15.4. The highest BCUT2D eigenvalue weighted by atomic mass is 16.5. The minimum Gasteiger partial charge on any atom is -0.457 e. The number of ether oxygens (including phenoxy) is 1. The monoisotopic (exact) mass is 574 g/mol. The Kier molecular flexibility index (Phi) is 4.78. The Morgan fingerprint density at radius 2 is 0.889 bits per heavy atom. The zero-order chi connectivity index (χ0) is 29.9. The van der Waals surface area contributed by atoms with Crippen molar-refractivity contribution in [1.29, 1.82) is 0 Å². The molecule has 0 N–H and O–H groups in total. The largest absolute Gasteiger partial charge is 0.457 e. The molecule has 1 nitrogen and oxygen atoms in total. The lowest BCUT2D eigenvalue weighted by Crippen LogP contribution is -2.32. The Hall–Kier alpha value is -5.40. The number of hydrogen-bond acceptors (Lipinski definition) is 1. The van der Waals surface area contributed by atoms with E-state index >= 15 is 0 Å². The molecule has 0 radical (unpaired) electrons. The first kappa shape index (κ1) is 25.0. The van der Waals surface area contributed by atoms with Crippen molar-refractivity contribution >= 4 is 10.8 Å². The van der Waals surface area contributed by atoms with Crippen LogP contribution in [0.5, 0.6) is 11.5 Å². The minimum absolute atomic E-state index is 0.0917. The highest BCUT2D eigenvalue weighted by Crippen LogP contribution is 2.62. The van der Waals surface area contributed by atoms with E-state index in [1.54, 1.807) is 0 Å². The van der Waals surface area contributed by atoms with E-state index in [1.807, 2.05) is 0 Å². The predicted octanol–water partition coefficient (Wildman–Crippen LogP) is 11.3. The molecule has 1 heterocycles. The molecule has 212 valence electrons. The lowest BCUT2D eigenvalue weighted by Gasteiger charge is -2.39. The zero-order valence-corrected chi connectivity index (χ0v) is 25.3. The fraction of sp³-hybridized carbons (Fsp3) is 0.0909. The maximum absolute atomic E-state index is 6.67. The highest BCUT2D eigenvalue weighted by Gasteiger charge is 2.51. The third kappa shape index (κ3) is 3.13. The molecule has 7 aromatic carbocycles. The van der Waals surface area contributed by atoms with E-state index in [9.17, 15) is 0 Å². The molecule has 0 unspecified atom stereocenters. The minimum atomic E-state index is -0.459. The smallest absolute Gasteiger partial charge is 0.132 e. The SMILES string of the molecule is CC1(C)c2cc(-c3ccc4c(c3)C3(c5ccccc5O4)c4ccccc4-c4ccccc43)ccc2-c2cc3ccccc3cc21. The summed E-state index contributed by atoms with van der Waals surface area (Å²) in [5, 5.41) is 2.59. The van der Waals surface area contributed by atoms with Crippen molar-refractivity contribution in [2.45, 2.75) is 24.7 Å². The molecule has 2 aliphatic carbocycles. The Morgan fingerprint density at radius 1 is 0.378 bits per heavy atom. The third-order valence-electron chi connectivity index (χ3n) is 10.7. The molecule has 1 aliphatic heterocycles. The summed E-state index contributed by atoms with van der Waals surface area (Å²) in [7, 11) is 0. The Bertz CT molecular complexity index is 2340. The first-order valence-corrected chi connectivity index (χ1v) is 15.8. The molecule has 0 amide bonds. The van der Waals surface area contributed by atoms with Gasteiger partial charge >= 0.3 is 0 Å². The number of para-hydroxylation sites is 1. The Balaban J connectivity index is 1.20. The first-order chi connectivity index (χ1) is 22.0. The summed E-state index contributed by atoms with van der Waals surface area (Å²) >= 11 is 0. The molecule has 1 spiro atoms. The van der Waals surface area contributed by atoms with Crippen LogP contribution in [0.25, 0.3) is 44.2 Å². The van der Waals surface area contributed by atoms with Gasteiger partial charge in [-0.15, -0.1) is 0 Å². The van der Waals surface area contributed by atoms with Gasteiger partial charge in [0.25, 0.3) is 0 Å². The second kappa shape index (κ2) is 8.61. The summed E-state index contributed by atoms with van der Waals surface area (Å²) in [4.78, 5) is 0. The lowest BCUT2D eigenvalue weighted by atomic mass is 9.65. The summed E-state index contributed by atoms with van der Waals surface area (Å²) in [6.07, 6.45) is 0. The van der Waals surface area contributed by atoms with Crippen molar-refractivity contribution in [3.05, 3.63) is 179 Å². The van der Waals surface area contributed by atoms with Crippen molar-refractivity contribution in [3.8, 4) is 44.9 Å². The topological polar surface area (TPSA) is 9.23 Å². The van der Waals surface area contributed by atoms with Crippen molar-refractivity contribution < 1.29 is 4.74 Å². The second-order valence-corrected chi connectivity index (χ2v) is 13.3. The van der Waals surface area contributed by atoms with Crippen LogP contribution in [-0.4, -0.2) is 0 Å². The van der Waals surface area contributed by atoms with Gasteiger partial charge in [-0.25, -0.2) is 0 Å². The van der Waals surface area contributed by atoms with E-state index in [0.717, 1.165) is 11.5 Å². The molecule has 7 aromatic rings. The van der Waals surface area contributed by atoms with Gasteiger partial charge in [0.05, 0.1) is 5.41 Å². The van der Waals surface area contributed by atoms with Crippen LogP contribution in [0, 0.1) is 0 Å². The fourth-order valence-electron chi connectivity index (χ4n) is 8.64. The predicted molar refractivity (Wildman–Crippen MR) is 184 cm³/mol. The fourth-order valence-corrected chi connectivity index (χ4v) is 8.64. The molecular formula is C44H30O. The molecule has 0 bridgehead atoms. The van der Waals surface area contributed by atoms with E-state index in [4.69, 9.17) is 4.74 Å². The van der Waals surface area contributed by atoms with Gasteiger partial charge in [-0.2, -0.15) is 0 Å². The van der Waals surface area contributed by atoms with Crippen LogP contribution in [-0.2, 0) is 10.8 Å². The van der Waals surface area contributed by atoms with Crippen LogP contribution in [0.4, 0.5) is 0 Å². The van der Waals surface area contributed by atoms with Gasteiger partial charge in [-0.05, 0) is 103 Å². The van der Waals surface area contributed by atoms with Gasteiger partial charge in [0.1, 0.15) is 11.5 Å². The molecular weight excluding hydrogens is 544 g/mol. The molecule has 10 rings (SSSR count). The van der Waals surface area contributed by atoms with Crippen LogP contribution < -0.4 is 4.74 Å². The average Bonchev–Trinajstić information content (AvgIpc) is 3.50. The van der Waals surface area contributed by atoms with Gasteiger partial charge in [-0.3, -0.25) is 0 Å². The number of hydrogen-bond donors (Lipinski definition) is 0. The highest BCUT2D eigenvalue weighted by molar-refractivity contribution is 5.94. The van der Waals surface area contributed by atoms with Gasteiger partial charge < -0.3 is 4.74 Å². The number of rotatable bonds is 1. The standard InChI is InChI=1S/C44H30O/c1-43(2)38-25-29(19-21-33(38)34-23-27-11-3-4-12-28(27)24-39(34)43)30-20-22-42-40(26-30)44(37-17-9-10-18-41(37)45-42)35-15-7-5-13-31(35)32-14-6-8-16-36(32)44/h3-26H,1-2H3. The summed E-state index contributed by atoms with van der Waals surface area (Å²) < 4.78 is 6.67. The summed E-state index contributed by atoms with van der Waals surface area (Å²) in [5.41, 5.74) is 15.0. The Labute approximate surface area is 263 Å². The van der Waals surface area contributed by atoms with Gasteiger partial charge in [-0.1, -0.05) is 123 Å². The maximum atomic E-state index is 6.67. The molecule has 0 fully saturated rings. The van der Waals surface area contributed by atoms with Crippen molar-refractivity contribution in [2.24, 2.45) is 0 Å². The van der Waals surface area contributed by atoms with E-state index < -0.39 is 5.41 Å². The third-order valence-corrected chi connectivity index (χ3v) is 10.7. The van der Waals surface area contributed by atoms with E-state index in [1.165, 1.54) is 77.5 Å². The molecule has 1 heteroatoms. The first-order valence-electron chi connectivity index (χ1n) is 15.8. The van der Waals surface area contributed by atoms with Crippen molar-refractivity contribution in [2.75, 3.05) is 0 Å². The van der Waals surface area contributed by atoms with E-state index in [-0.39, 0.29) is 5.41 Å². The van der Waals surface area contributed by atoms with Crippen LogP contribution in [0.1, 0.15) is 47.2 Å². The van der Waals surface area contributed by atoms with Crippen LogP contribution >= 0.6 is 0 Å². The van der Waals surface area contributed by atoms with Crippen LogP contribution in [0.15, 0.2) is 146 Å². The summed E-state index contributed by atoms with van der Waals surface area (Å²) in [5.74, 6) is 1.85. The van der Waals surface area contributed by atoms with E-state index in [0.29, 0.717) is 0 Å².